The Hall–Kier alpha value is -3.32. The fourth-order valence-corrected chi connectivity index (χ4v) is 4.87. The number of aromatic nitrogens is 1. The van der Waals surface area contributed by atoms with Crippen molar-refractivity contribution in [3.8, 4) is 12.3 Å². The second-order valence-corrected chi connectivity index (χ2v) is 8.54. The summed E-state index contributed by atoms with van der Waals surface area (Å²) in [5.41, 5.74) is 0.437. The van der Waals surface area contributed by atoms with Crippen LogP contribution in [-0.4, -0.2) is 83.5 Å². The summed E-state index contributed by atoms with van der Waals surface area (Å²) in [5.74, 6) is 2.53. The van der Waals surface area contributed by atoms with Crippen LogP contribution >= 0.6 is 11.3 Å². The van der Waals surface area contributed by atoms with Crippen molar-refractivity contribution in [1.82, 2.24) is 19.7 Å². The van der Waals surface area contributed by atoms with Crippen molar-refractivity contribution in [1.29, 1.82) is 0 Å². The Balaban J connectivity index is 1.28. The van der Waals surface area contributed by atoms with Gasteiger partial charge in [0.1, 0.15) is 5.69 Å². The number of thiazole rings is 1. The molecular weight excluding hydrogens is 432 g/mol. The van der Waals surface area contributed by atoms with Gasteiger partial charge in [0.2, 0.25) is 0 Å². The molecule has 2 fully saturated rings. The molecule has 32 heavy (non-hydrogen) atoms. The first-order chi connectivity index (χ1) is 15.6. The van der Waals surface area contributed by atoms with Crippen LogP contribution in [-0.2, 0) is 4.74 Å². The highest BCUT2D eigenvalue weighted by atomic mass is 32.1. The van der Waals surface area contributed by atoms with E-state index < -0.39 is 0 Å². The number of carbonyl (C=O) groups excluding carboxylic acids is 3. The number of piperazine rings is 1. The van der Waals surface area contributed by atoms with E-state index in [1.54, 1.807) is 32.2 Å². The number of nitrogens with zero attached hydrogens (tertiary/aromatic N) is 4. The number of terminal acetylenes is 1. The van der Waals surface area contributed by atoms with Gasteiger partial charge in [-0.15, -0.1) is 17.8 Å². The topological polar surface area (TPSA) is 96.2 Å². The van der Waals surface area contributed by atoms with Crippen LogP contribution in [0.15, 0.2) is 28.2 Å². The van der Waals surface area contributed by atoms with Gasteiger partial charge in [0.25, 0.3) is 11.8 Å². The molecule has 3 amide bonds. The standard InChI is InChI=1S/C22H24N4O5S/c1-2-13-31-22(29)26-7-5-16(6-8-26)19-23-17(15-32-19)20(27)24-9-11-25(12-10-24)21(28)18-4-3-14-30-18/h1,3-4,14-16H,5-13H2. The van der Waals surface area contributed by atoms with Crippen molar-refractivity contribution < 1.29 is 23.5 Å². The number of likely N-dealkylation sites (tertiary alicyclic amines) is 1. The molecule has 2 saturated heterocycles. The van der Waals surface area contributed by atoms with Crippen LogP contribution in [0.25, 0.3) is 0 Å². The minimum absolute atomic E-state index is 0.0258. The van der Waals surface area contributed by atoms with E-state index in [2.05, 4.69) is 10.9 Å². The zero-order chi connectivity index (χ0) is 22.5. The lowest BCUT2D eigenvalue weighted by molar-refractivity contribution is 0.0515. The number of hydrogen-bond donors (Lipinski definition) is 0. The number of hydrogen-bond acceptors (Lipinski definition) is 7. The fraction of sp³-hybridized carbons (Fsp3) is 0.455. The number of piperidine rings is 1. The fourth-order valence-electron chi connectivity index (χ4n) is 3.91. The smallest absolute Gasteiger partial charge is 0.410 e. The molecule has 0 atom stereocenters. The first kappa shape index (κ1) is 21.9. The molecule has 0 radical (unpaired) electrons. The van der Waals surface area contributed by atoms with E-state index in [0.717, 1.165) is 17.8 Å². The first-order valence-electron chi connectivity index (χ1n) is 10.5. The summed E-state index contributed by atoms with van der Waals surface area (Å²) in [4.78, 5) is 46.9. The van der Waals surface area contributed by atoms with E-state index in [1.165, 1.54) is 17.6 Å². The molecule has 0 aliphatic carbocycles. The lowest BCUT2D eigenvalue weighted by Crippen LogP contribution is -2.50. The molecule has 4 rings (SSSR count). The third-order valence-corrected chi connectivity index (χ3v) is 6.72. The molecule has 0 saturated carbocycles. The molecular formula is C22H24N4O5S. The summed E-state index contributed by atoms with van der Waals surface area (Å²) in [5, 5.41) is 2.71. The molecule has 4 heterocycles. The molecule has 2 aliphatic heterocycles. The third-order valence-electron chi connectivity index (χ3n) is 5.71. The SMILES string of the molecule is C#CCOC(=O)N1CCC(c2nc(C(=O)N3CCN(C(=O)c4ccco4)CC3)cs2)CC1. The molecule has 2 aliphatic rings. The Kier molecular flexibility index (Phi) is 6.75. The lowest BCUT2D eigenvalue weighted by Gasteiger charge is -2.34. The monoisotopic (exact) mass is 456 g/mol. The van der Waals surface area contributed by atoms with Crippen LogP contribution < -0.4 is 0 Å². The Morgan fingerprint density at radius 3 is 2.41 bits per heavy atom. The summed E-state index contributed by atoms with van der Waals surface area (Å²) < 4.78 is 10.1. The van der Waals surface area contributed by atoms with Crippen molar-refractivity contribution in [3.63, 3.8) is 0 Å². The molecule has 2 aromatic rings. The Morgan fingerprint density at radius 2 is 1.78 bits per heavy atom. The summed E-state index contributed by atoms with van der Waals surface area (Å²) >= 11 is 1.48. The predicted molar refractivity (Wildman–Crippen MR) is 116 cm³/mol. The van der Waals surface area contributed by atoms with Gasteiger partial charge in [-0.1, -0.05) is 5.92 Å². The zero-order valence-corrected chi connectivity index (χ0v) is 18.4. The lowest BCUT2D eigenvalue weighted by atomic mass is 9.98. The van der Waals surface area contributed by atoms with Crippen molar-refractivity contribution >= 4 is 29.2 Å². The van der Waals surface area contributed by atoms with Crippen molar-refractivity contribution in [3.05, 3.63) is 40.2 Å². The quantitative estimate of drug-likeness (QED) is 0.655. The average molecular weight is 457 g/mol. The minimum atomic E-state index is -0.388. The van der Waals surface area contributed by atoms with Crippen molar-refractivity contribution in [2.45, 2.75) is 18.8 Å². The summed E-state index contributed by atoms with van der Waals surface area (Å²) in [6, 6.07) is 3.32. The Morgan fingerprint density at radius 1 is 1.09 bits per heavy atom. The molecule has 2 aromatic heterocycles. The van der Waals surface area contributed by atoms with Crippen LogP contribution in [0.4, 0.5) is 4.79 Å². The maximum Gasteiger partial charge on any atom is 0.410 e. The first-order valence-corrected chi connectivity index (χ1v) is 11.4. The normalized spacial score (nSPS) is 17.2. The van der Waals surface area contributed by atoms with Gasteiger partial charge in [0.05, 0.1) is 11.3 Å². The molecule has 0 spiro atoms. The van der Waals surface area contributed by atoms with Crippen molar-refractivity contribution in [2.75, 3.05) is 45.9 Å². The van der Waals surface area contributed by atoms with Gasteiger partial charge in [-0.3, -0.25) is 9.59 Å². The molecule has 0 aromatic carbocycles. The van der Waals surface area contributed by atoms with Crippen molar-refractivity contribution in [2.24, 2.45) is 0 Å². The maximum atomic E-state index is 12.9. The third kappa shape index (κ3) is 4.78. The largest absolute Gasteiger partial charge is 0.459 e. The molecule has 168 valence electrons. The van der Waals surface area contributed by atoms with Gasteiger partial charge in [0, 0.05) is 50.6 Å². The van der Waals surface area contributed by atoms with Gasteiger partial charge in [-0.25, -0.2) is 9.78 Å². The minimum Gasteiger partial charge on any atom is -0.459 e. The van der Waals surface area contributed by atoms with Crippen LogP contribution in [0, 0.1) is 12.3 Å². The highest BCUT2D eigenvalue weighted by Gasteiger charge is 2.30. The highest BCUT2D eigenvalue weighted by Crippen LogP contribution is 2.31. The highest BCUT2D eigenvalue weighted by molar-refractivity contribution is 7.09. The second kappa shape index (κ2) is 9.87. The summed E-state index contributed by atoms with van der Waals surface area (Å²) in [7, 11) is 0. The number of rotatable bonds is 4. The van der Waals surface area contributed by atoms with E-state index in [-0.39, 0.29) is 30.4 Å². The summed E-state index contributed by atoms with van der Waals surface area (Å²) in [6.45, 7) is 2.94. The summed E-state index contributed by atoms with van der Waals surface area (Å²) in [6.07, 6.45) is 7.73. The van der Waals surface area contributed by atoms with E-state index in [1.807, 2.05) is 0 Å². The van der Waals surface area contributed by atoms with Gasteiger partial charge < -0.3 is 23.9 Å². The van der Waals surface area contributed by atoms with E-state index in [4.69, 9.17) is 15.6 Å². The van der Waals surface area contributed by atoms with Gasteiger partial charge in [-0.05, 0) is 25.0 Å². The number of carbonyl (C=O) groups is 3. The van der Waals surface area contributed by atoms with Crippen LogP contribution in [0.5, 0.6) is 0 Å². The van der Waals surface area contributed by atoms with Gasteiger partial charge in [-0.2, -0.15) is 0 Å². The number of amides is 3. The zero-order valence-electron chi connectivity index (χ0n) is 17.6. The van der Waals surface area contributed by atoms with E-state index >= 15 is 0 Å². The molecule has 0 bridgehead atoms. The predicted octanol–water partition coefficient (Wildman–Crippen LogP) is 2.28. The average Bonchev–Trinajstić information content (AvgIpc) is 3.55. The van der Waals surface area contributed by atoms with Crippen LogP contribution in [0.1, 0.15) is 44.8 Å². The number of ether oxygens (including phenoxy) is 1. The molecule has 0 unspecified atom stereocenters. The second-order valence-electron chi connectivity index (χ2n) is 7.65. The maximum absolute atomic E-state index is 12.9. The van der Waals surface area contributed by atoms with Gasteiger partial charge in [0.15, 0.2) is 12.4 Å². The Labute approximate surface area is 189 Å². The van der Waals surface area contributed by atoms with Gasteiger partial charge >= 0.3 is 6.09 Å². The number of furan rings is 1. The van der Waals surface area contributed by atoms with E-state index in [0.29, 0.717) is 50.7 Å². The molecule has 9 nitrogen and oxygen atoms in total. The van der Waals surface area contributed by atoms with Crippen LogP contribution in [0.3, 0.4) is 0 Å². The molecule has 10 heteroatoms. The molecule has 0 N–H and O–H groups in total. The van der Waals surface area contributed by atoms with E-state index in [9.17, 15) is 14.4 Å². The van der Waals surface area contributed by atoms with Crippen LogP contribution in [0.2, 0.25) is 0 Å². The Bertz CT molecular complexity index is 996.